The van der Waals surface area contributed by atoms with E-state index in [4.69, 9.17) is 10.2 Å². The molecule has 70 valence electrons. The van der Waals surface area contributed by atoms with Crippen molar-refractivity contribution in [2.75, 3.05) is 5.88 Å². The van der Waals surface area contributed by atoms with E-state index in [2.05, 4.69) is 0 Å². The first-order chi connectivity index (χ1) is 5.36. The fourth-order valence-corrected chi connectivity index (χ4v) is 1.39. The largest absolute Gasteiger partial charge is 0.465 e. The quantitative estimate of drug-likeness (QED) is 0.612. The number of alkyl halides is 3. The highest BCUT2D eigenvalue weighted by Crippen LogP contribution is 2.34. The van der Waals surface area contributed by atoms with Crippen molar-refractivity contribution in [3.05, 3.63) is 11.6 Å². The van der Waals surface area contributed by atoms with E-state index < -0.39 is 12.1 Å². The van der Waals surface area contributed by atoms with E-state index in [1.807, 2.05) is 0 Å². The lowest BCUT2D eigenvalue weighted by Crippen LogP contribution is -2.56. The maximum Gasteiger partial charge on any atom is 0.465 e. The summed E-state index contributed by atoms with van der Waals surface area (Å²) in [7, 11) is 0. The lowest BCUT2D eigenvalue weighted by Gasteiger charge is -2.32. The van der Waals surface area contributed by atoms with Gasteiger partial charge in [0.1, 0.15) is 0 Å². The van der Waals surface area contributed by atoms with E-state index in [1.165, 1.54) is 5.41 Å². The van der Waals surface area contributed by atoms with Gasteiger partial charge in [0.2, 0.25) is 0 Å². The predicted octanol–water partition coefficient (Wildman–Crippen LogP) is 0.665. The number of rotatable bonds is 1. The van der Waals surface area contributed by atoms with E-state index in [0.29, 0.717) is 4.90 Å². The Balaban J connectivity index is 2.77. The molecule has 0 aromatic carbocycles. The van der Waals surface area contributed by atoms with Crippen LogP contribution in [0.5, 0.6) is 0 Å². The van der Waals surface area contributed by atoms with Crippen LogP contribution in [0.3, 0.4) is 0 Å². The summed E-state index contributed by atoms with van der Waals surface area (Å²) in [6.07, 6.45) is -4.08. The number of hydrogen-bond donors (Lipinski definition) is 2. The highest BCUT2D eigenvalue weighted by atomic mass is 32.2. The maximum absolute atomic E-state index is 11.9. The molecule has 0 aromatic rings. The fourth-order valence-electron chi connectivity index (χ4n) is 0.640. The summed E-state index contributed by atoms with van der Waals surface area (Å²) in [6, 6.07) is 0. The van der Waals surface area contributed by atoms with Crippen molar-refractivity contribution in [2.24, 2.45) is 0 Å². The molecular formula is C5H6F3NO2S. The zero-order chi connectivity index (χ0) is 9.41. The van der Waals surface area contributed by atoms with Gasteiger partial charge < -0.3 is 15.1 Å². The van der Waals surface area contributed by atoms with Gasteiger partial charge >= 0.3 is 12.1 Å². The lowest BCUT2D eigenvalue weighted by atomic mass is 10.4. The van der Waals surface area contributed by atoms with Gasteiger partial charge in [-0.25, -0.2) is 0 Å². The summed E-state index contributed by atoms with van der Waals surface area (Å²) in [5.41, 5.74) is 0. The van der Waals surface area contributed by atoms with Crippen LogP contribution in [0.25, 0.3) is 0 Å². The van der Waals surface area contributed by atoms with Crippen molar-refractivity contribution >= 4 is 11.8 Å². The Bertz CT molecular complexity index is 203. The Kier molecular flexibility index (Phi) is 2.28. The zero-order valence-electron chi connectivity index (χ0n) is 5.75. The van der Waals surface area contributed by atoms with Crippen LogP contribution in [0.15, 0.2) is 11.6 Å². The first kappa shape index (κ1) is 9.69. The second-order valence-corrected chi connectivity index (χ2v) is 3.05. The molecule has 7 heteroatoms. The summed E-state index contributed by atoms with van der Waals surface area (Å²) in [6.45, 7) is 0. The second-order valence-electron chi connectivity index (χ2n) is 2.18. The minimum atomic E-state index is -5.07. The van der Waals surface area contributed by atoms with Crippen molar-refractivity contribution in [3.8, 4) is 0 Å². The second kappa shape index (κ2) is 2.82. The molecule has 0 spiro atoms. The average Bonchev–Trinajstić information content (AvgIpc) is 2.34. The summed E-state index contributed by atoms with van der Waals surface area (Å²) in [5.74, 6) is -3.88. The molecule has 0 bridgehead atoms. The summed E-state index contributed by atoms with van der Waals surface area (Å²) in [5, 5.41) is 18.6. The van der Waals surface area contributed by atoms with Crippen LogP contribution < -0.4 is 0 Å². The topological polar surface area (TPSA) is 43.7 Å². The van der Waals surface area contributed by atoms with Gasteiger partial charge in [-0.2, -0.15) is 13.2 Å². The number of halogens is 3. The molecule has 12 heavy (non-hydrogen) atoms. The molecule has 0 radical (unpaired) electrons. The van der Waals surface area contributed by atoms with Crippen LogP contribution in [0, 0.1) is 0 Å². The SMILES string of the molecule is OC(O)(N1C=CSC1)C(F)(F)F. The molecular weight excluding hydrogens is 195 g/mol. The van der Waals surface area contributed by atoms with Gasteiger partial charge in [-0.05, 0) is 5.41 Å². The molecule has 0 fully saturated rings. The van der Waals surface area contributed by atoms with Crippen LogP contribution in [0.4, 0.5) is 13.2 Å². The Morgan fingerprint density at radius 1 is 1.33 bits per heavy atom. The molecule has 2 N–H and O–H groups in total. The van der Waals surface area contributed by atoms with Crippen LogP contribution in [0.1, 0.15) is 0 Å². The van der Waals surface area contributed by atoms with Crippen molar-refractivity contribution < 1.29 is 23.4 Å². The van der Waals surface area contributed by atoms with Gasteiger partial charge in [-0.15, -0.1) is 11.8 Å². The molecule has 0 amide bonds. The van der Waals surface area contributed by atoms with Gasteiger partial charge in [-0.3, -0.25) is 0 Å². The summed E-state index contributed by atoms with van der Waals surface area (Å²) >= 11 is 1.05. The molecule has 0 saturated heterocycles. The monoisotopic (exact) mass is 201 g/mol. The highest BCUT2D eigenvalue weighted by Gasteiger charge is 2.57. The zero-order valence-corrected chi connectivity index (χ0v) is 6.56. The van der Waals surface area contributed by atoms with Gasteiger partial charge in [0.15, 0.2) is 0 Å². The normalized spacial score (nSPS) is 18.9. The summed E-state index contributed by atoms with van der Waals surface area (Å²) in [4.78, 5) is 0.400. The number of hydrogen-bond acceptors (Lipinski definition) is 4. The number of aliphatic hydroxyl groups is 2. The third-order valence-electron chi connectivity index (χ3n) is 1.33. The van der Waals surface area contributed by atoms with Crippen molar-refractivity contribution in [3.63, 3.8) is 0 Å². The third kappa shape index (κ3) is 1.52. The number of nitrogens with zero attached hydrogens (tertiary/aromatic N) is 1. The van der Waals surface area contributed by atoms with Gasteiger partial charge in [0.05, 0.1) is 5.88 Å². The lowest BCUT2D eigenvalue weighted by molar-refractivity contribution is -0.396. The van der Waals surface area contributed by atoms with E-state index in [-0.39, 0.29) is 5.88 Å². The molecule has 0 unspecified atom stereocenters. The standard InChI is InChI=1S/C5H6F3NO2S/c6-4(7,8)5(10,11)9-1-2-12-3-9/h1-2,10-11H,3H2. The first-order valence-electron chi connectivity index (χ1n) is 2.92. The Morgan fingerprint density at radius 2 is 1.92 bits per heavy atom. The van der Waals surface area contributed by atoms with Crippen LogP contribution in [-0.4, -0.2) is 33.1 Å². The number of thioether (sulfide) groups is 1. The average molecular weight is 201 g/mol. The molecule has 3 nitrogen and oxygen atoms in total. The summed E-state index contributed by atoms with van der Waals surface area (Å²) < 4.78 is 35.7. The van der Waals surface area contributed by atoms with Gasteiger partial charge in [0.25, 0.3) is 0 Å². The van der Waals surface area contributed by atoms with Crippen molar-refractivity contribution in [1.82, 2.24) is 4.90 Å². The van der Waals surface area contributed by atoms with E-state index in [9.17, 15) is 13.2 Å². The Morgan fingerprint density at radius 3 is 2.25 bits per heavy atom. The Hall–Kier alpha value is -0.400. The molecule has 1 rings (SSSR count). The fraction of sp³-hybridized carbons (Fsp3) is 0.600. The highest BCUT2D eigenvalue weighted by molar-refractivity contribution is 8.02. The minimum Gasteiger partial charge on any atom is -0.342 e. The van der Waals surface area contributed by atoms with E-state index in [0.717, 1.165) is 18.0 Å². The van der Waals surface area contributed by atoms with Crippen LogP contribution >= 0.6 is 11.8 Å². The molecule has 0 aliphatic carbocycles. The van der Waals surface area contributed by atoms with Crippen molar-refractivity contribution in [1.29, 1.82) is 0 Å². The third-order valence-corrected chi connectivity index (χ3v) is 2.07. The smallest absolute Gasteiger partial charge is 0.342 e. The Labute approximate surface area is 70.5 Å². The minimum absolute atomic E-state index is 0.119. The molecule has 0 aromatic heterocycles. The van der Waals surface area contributed by atoms with Crippen LogP contribution in [-0.2, 0) is 0 Å². The molecule has 1 aliphatic rings. The first-order valence-corrected chi connectivity index (χ1v) is 3.97. The van der Waals surface area contributed by atoms with Gasteiger partial charge in [0, 0.05) is 6.20 Å². The molecule has 0 atom stereocenters. The van der Waals surface area contributed by atoms with Crippen LogP contribution in [0.2, 0.25) is 0 Å². The van der Waals surface area contributed by atoms with Crippen molar-refractivity contribution in [2.45, 2.75) is 12.1 Å². The van der Waals surface area contributed by atoms with Gasteiger partial charge in [-0.1, -0.05) is 0 Å². The maximum atomic E-state index is 11.9. The van der Waals surface area contributed by atoms with E-state index >= 15 is 0 Å². The predicted molar refractivity (Wildman–Crippen MR) is 36.7 cm³/mol. The molecule has 1 heterocycles. The molecule has 1 aliphatic heterocycles. The molecule has 0 saturated carbocycles. The van der Waals surface area contributed by atoms with E-state index in [1.54, 1.807) is 0 Å².